The van der Waals surface area contributed by atoms with E-state index >= 15 is 0 Å². The smallest absolute Gasteiger partial charge is 0.257 e. The molecule has 1 rings (SSSR count). The lowest BCUT2D eigenvalue weighted by molar-refractivity contribution is 0.0795. The quantitative estimate of drug-likeness (QED) is 0.825. The van der Waals surface area contributed by atoms with Crippen LogP contribution in [0.3, 0.4) is 0 Å². The van der Waals surface area contributed by atoms with E-state index in [1.54, 1.807) is 25.1 Å². The van der Waals surface area contributed by atoms with E-state index in [1.807, 2.05) is 19.1 Å². The summed E-state index contributed by atoms with van der Waals surface area (Å²) in [6.45, 7) is 2.44. The van der Waals surface area contributed by atoms with Gasteiger partial charge in [0.25, 0.3) is 5.91 Å². The van der Waals surface area contributed by atoms with Crippen LogP contribution in [-0.2, 0) is 0 Å². The van der Waals surface area contributed by atoms with Crippen LogP contribution in [0.1, 0.15) is 22.3 Å². The summed E-state index contributed by atoms with van der Waals surface area (Å²) in [5.74, 6) is 0.486. The molecule has 0 aromatic heterocycles. The number of rotatable bonds is 5. The number of nitrogens with two attached hydrogens (primary N) is 1. The van der Waals surface area contributed by atoms with Gasteiger partial charge in [-0.25, -0.2) is 0 Å². The molecule has 1 amide bonds. The molecule has 0 aliphatic heterocycles. The second kappa shape index (κ2) is 6.35. The van der Waals surface area contributed by atoms with E-state index in [4.69, 9.17) is 22.7 Å². The number of nitrogens with zero attached hydrogens (tertiary/aromatic N) is 1. The summed E-state index contributed by atoms with van der Waals surface area (Å²) in [5, 5.41) is 0. The Morgan fingerprint density at radius 1 is 1.50 bits per heavy atom. The fraction of sp³-hybridized carbons (Fsp3) is 0.385. The fourth-order valence-electron chi connectivity index (χ4n) is 1.57. The SMILES string of the molecule is COc1ccc(C)cc1C(=O)N(C)CCC(N)=S. The molecule has 0 fully saturated rings. The van der Waals surface area contributed by atoms with Crippen LogP contribution in [-0.4, -0.2) is 36.5 Å². The zero-order valence-electron chi connectivity index (χ0n) is 10.9. The molecule has 98 valence electrons. The van der Waals surface area contributed by atoms with Crippen molar-refractivity contribution in [3.8, 4) is 5.75 Å². The predicted octanol–water partition coefficient (Wildman–Crippen LogP) is 1.75. The van der Waals surface area contributed by atoms with Crippen LogP contribution >= 0.6 is 12.2 Å². The van der Waals surface area contributed by atoms with Crippen molar-refractivity contribution >= 4 is 23.1 Å². The van der Waals surface area contributed by atoms with Crippen LogP contribution in [0.5, 0.6) is 5.75 Å². The van der Waals surface area contributed by atoms with E-state index in [-0.39, 0.29) is 5.91 Å². The van der Waals surface area contributed by atoms with Crippen molar-refractivity contribution in [1.82, 2.24) is 4.90 Å². The van der Waals surface area contributed by atoms with Gasteiger partial charge in [0.2, 0.25) is 0 Å². The van der Waals surface area contributed by atoms with Gasteiger partial charge in [0.05, 0.1) is 17.7 Å². The normalized spacial score (nSPS) is 9.94. The highest BCUT2D eigenvalue weighted by Crippen LogP contribution is 2.21. The number of carbonyl (C=O) groups excluding carboxylic acids is 1. The van der Waals surface area contributed by atoms with Gasteiger partial charge in [-0.15, -0.1) is 0 Å². The molecule has 0 saturated heterocycles. The first-order chi connectivity index (χ1) is 8.45. The third kappa shape index (κ3) is 3.70. The van der Waals surface area contributed by atoms with Gasteiger partial charge in [0, 0.05) is 20.0 Å². The zero-order chi connectivity index (χ0) is 13.7. The summed E-state index contributed by atoms with van der Waals surface area (Å²) in [6.07, 6.45) is 0.520. The number of aryl methyl sites for hydroxylation is 1. The standard InChI is InChI=1S/C13H18N2O2S/c1-9-4-5-11(17-3)10(8-9)13(16)15(2)7-6-12(14)18/h4-5,8H,6-7H2,1-3H3,(H2,14,18). The molecule has 0 saturated carbocycles. The maximum Gasteiger partial charge on any atom is 0.257 e. The Morgan fingerprint density at radius 3 is 2.72 bits per heavy atom. The number of hydrogen-bond acceptors (Lipinski definition) is 3. The zero-order valence-corrected chi connectivity index (χ0v) is 11.7. The summed E-state index contributed by atoms with van der Waals surface area (Å²) in [7, 11) is 3.28. The van der Waals surface area contributed by atoms with Gasteiger partial charge in [-0.1, -0.05) is 23.8 Å². The molecule has 0 bridgehead atoms. The average Bonchev–Trinajstić information content (AvgIpc) is 2.34. The molecule has 0 atom stereocenters. The summed E-state index contributed by atoms with van der Waals surface area (Å²) in [6, 6.07) is 5.52. The van der Waals surface area contributed by atoms with E-state index in [1.165, 1.54) is 0 Å². The molecule has 0 aliphatic carbocycles. The Balaban J connectivity index is 2.88. The van der Waals surface area contributed by atoms with E-state index in [2.05, 4.69) is 0 Å². The van der Waals surface area contributed by atoms with Gasteiger partial charge in [-0.2, -0.15) is 0 Å². The monoisotopic (exact) mass is 266 g/mol. The molecule has 0 unspecified atom stereocenters. The minimum atomic E-state index is -0.0909. The van der Waals surface area contributed by atoms with Crippen molar-refractivity contribution in [2.24, 2.45) is 5.73 Å². The van der Waals surface area contributed by atoms with Crippen molar-refractivity contribution < 1.29 is 9.53 Å². The van der Waals surface area contributed by atoms with Crippen LogP contribution in [0.15, 0.2) is 18.2 Å². The minimum absolute atomic E-state index is 0.0909. The summed E-state index contributed by atoms with van der Waals surface area (Å²) in [5.41, 5.74) is 7.00. The first kappa shape index (κ1) is 14.4. The minimum Gasteiger partial charge on any atom is -0.496 e. The van der Waals surface area contributed by atoms with Crippen LogP contribution in [0.25, 0.3) is 0 Å². The van der Waals surface area contributed by atoms with Crippen molar-refractivity contribution in [3.63, 3.8) is 0 Å². The molecule has 0 heterocycles. The summed E-state index contributed by atoms with van der Waals surface area (Å²) in [4.78, 5) is 14.3. The number of methoxy groups -OCH3 is 1. The second-order valence-electron chi connectivity index (χ2n) is 4.15. The highest BCUT2D eigenvalue weighted by Gasteiger charge is 2.16. The first-order valence-corrected chi connectivity index (χ1v) is 6.05. The lowest BCUT2D eigenvalue weighted by Gasteiger charge is -2.18. The van der Waals surface area contributed by atoms with Crippen molar-refractivity contribution in [2.75, 3.05) is 20.7 Å². The molecule has 4 nitrogen and oxygen atoms in total. The summed E-state index contributed by atoms with van der Waals surface area (Å²) < 4.78 is 5.20. The number of hydrogen-bond donors (Lipinski definition) is 1. The van der Waals surface area contributed by atoms with Crippen LogP contribution < -0.4 is 10.5 Å². The second-order valence-corrected chi connectivity index (χ2v) is 4.67. The number of benzene rings is 1. The first-order valence-electron chi connectivity index (χ1n) is 5.64. The number of amides is 1. The van der Waals surface area contributed by atoms with Crippen molar-refractivity contribution in [3.05, 3.63) is 29.3 Å². The van der Waals surface area contributed by atoms with Gasteiger partial charge < -0.3 is 15.4 Å². The fourth-order valence-corrected chi connectivity index (χ4v) is 1.67. The molecule has 18 heavy (non-hydrogen) atoms. The molecule has 0 spiro atoms. The Kier molecular flexibility index (Phi) is 5.09. The van der Waals surface area contributed by atoms with Gasteiger partial charge in [0.1, 0.15) is 5.75 Å². The van der Waals surface area contributed by atoms with Crippen LogP contribution in [0.2, 0.25) is 0 Å². The van der Waals surface area contributed by atoms with E-state index in [9.17, 15) is 4.79 Å². The van der Waals surface area contributed by atoms with Crippen LogP contribution in [0.4, 0.5) is 0 Å². The topological polar surface area (TPSA) is 55.6 Å². The molecule has 2 N–H and O–H groups in total. The molecule has 1 aromatic carbocycles. The van der Waals surface area contributed by atoms with Crippen LogP contribution in [0, 0.1) is 6.92 Å². The number of ether oxygens (including phenoxy) is 1. The lowest BCUT2D eigenvalue weighted by Crippen LogP contribution is -2.30. The maximum absolute atomic E-state index is 12.3. The van der Waals surface area contributed by atoms with Gasteiger partial charge in [-0.3, -0.25) is 4.79 Å². The maximum atomic E-state index is 12.3. The number of carbonyl (C=O) groups is 1. The predicted molar refractivity (Wildman–Crippen MR) is 76.1 cm³/mol. The Bertz CT molecular complexity index is 460. The highest BCUT2D eigenvalue weighted by atomic mass is 32.1. The third-order valence-electron chi connectivity index (χ3n) is 2.63. The van der Waals surface area contributed by atoms with Gasteiger partial charge in [0.15, 0.2) is 0 Å². The molecule has 0 aliphatic rings. The number of thiocarbonyl (C=S) groups is 1. The third-order valence-corrected chi connectivity index (χ3v) is 2.83. The Morgan fingerprint density at radius 2 is 2.17 bits per heavy atom. The molecule has 0 radical (unpaired) electrons. The largest absolute Gasteiger partial charge is 0.496 e. The summed E-state index contributed by atoms with van der Waals surface area (Å²) >= 11 is 4.80. The van der Waals surface area contributed by atoms with E-state index in [0.717, 1.165) is 5.56 Å². The van der Waals surface area contributed by atoms with E-state index < -0.39 is 0 Å². The van der Waals surface area contributed by atoms with Gasteiger partial charge in [-0.05, 0) is 19.1 Å². The lowest BCUT2D eigenvalue weighted by atomic mass is 10.1. The molecular weight excluding hydrogens is 248 g/mol. The molecule has 1 aromatic rings. The van der Waals surface area contributed by atoms with Crippen molar-refractivity contribution in [2.45, 2.75) is 13.3 Å². The average molecular weight is 266 g/mol. The highest BCUT2D eigenvalue weighted by molar-refractivity contribution is 7.80. The molecule has 5 heteroatoms. The van der Waals surface area contributed by atoms with E-state index in [0.29, 0.717) is 29.3 Å². The van der Waals surface area contributed by atoms with Crippen molar-refractivity contribution in [1.29, 1.82) is 0 Å². The molecular formula is C13H18N2O2S. The van der Waals surface area contributed by atoms with Gasteiger partial charge >= 0.3 is 0 Å². The Hall–Kier alpha value is -1.62. The Labute approximate surface area is 113 Å².